The van der Waals surface area contributed by atoms with E-state index in [2.05, 4.69) is 13.5 Å². The van der Waals surface area contributed by atoms with Gasteiger partial charge in [-0.25, -0.2) is 4.79 Å². The van der Waals surface area contributed by atoms with Crippen LogP contribution in [0.3, 0.4) is 0 Å². The molecule has 0 N–H and O–H groups in total. The van der Waals surface area contributed by atoms with E-state index in [4.69, 9.17) is 9.47 Å². The second kappa shape index (κ2) is 7.09. The Morgan fingerprint density at radius 1 is 1.16 bits per heavy atom. The van der Waals surface area contributed by atoms with E-state index < -0.39 is 5.97 Å². The van der Waals surface area contributed by atoms with Crippen LogP contribution in [0.4, 0.5) is 0 Å². The molecule has 1 unspecified atom stereocenters. The Bertz CT molecular complexity index is 851. The van der Waals surface area contributed by atoms with Crippen molar-refractivity contribution in [3.63, 3.8) is 0 Å². The van der Waals surface area contributed by atoms with E-state index in [1.807, 2.05) is 24.3 Å². The summed E-state index contributed by atoms with van der Waals surface area (Å²) in [6.45, 7) is 7.07. The summed E-state index contributed by atoms with van der Waals surface area (Å²) in [7, 11) is 0. The van der Waals surface area contributed by atoms with Crippen LogP contribution in [-0.4, -0.2) is 11.9 Å². The molecule has 0 bridgehead atoms. The minimum atomic E-state index is -0.480. The quantitative estimate of drug-likeness (QED) is 0.472. The maximum absolute atomic E-state index is 11.9. The van der Waals surface area contributed by atoms with E-state index >= 15 is 0 Å². The number of fused-ring (bicyclic) bond motifs is 2. The minimum Gasteiger partial charge on any atom is -0.426 e. The molecule has 0 radical (unpaired) electrons. The maximum atomic E-state index is 11.9. The maximum Gasteiger partial charge on any atom is 0.335 e. The van der Waals surface area contributed by atoms with E-state index in [1.165, 1.54) is 13.0 Å². The SMILES string of the molecule is C=CC(=O)Oc1c2c(c(OC(C)=O)c3ccccc13)CCC(CC)C2. The molecule has 0 aliphatic heterocycles. The minimum absolute atomic E-state index is 0.346. The first-order valence-electron chi connectivity index (χ1n) is 8.64. The Kier molecular flexibility index (Phi) is 4.88. The number of carbonyl (C=O) groups is 2. The van der Waals surface area contributed by atoms with E-state index in [0.29, 0.717) is 17.4 Å². The smallest absolute Gasteiger partial charge is 0.335 e. The molecule has 2 aromatic rings. The van der Waals surface area contributed by atoms with Crippen LogP contribution in [0.1, 0.15) is 37.8 Å². The third-order valence-electron chi connectivity index (χ3n) is 4.82. The van der Waals surface area contributed by atoms with Gasteiger partial charge in [-0.15, -0.1) is 0 Å². The standard InChI is InChI=1S/C21H22O4/c1-4-14-10-11-17-18(12-14)21(25-19(23)5-2)16-9-7-6-8-15(16)20(17)24-13(3)22/h5-9,14H,2,4,10-12H2,1,3H3. The highest BCUT2D eigenvalue weighted by Gasteiger charge is 2.28. The Labute approximate surface area is 147 Å². The zero-order chi connectivity index (χ0) is 18.0. The average molecular weight is 338 g/mol. The highest BCUT2D eigenvalue weighted by molar-refractivity contribution is 5.99. The van der Waals surface area contributed by atoms with E-state index in [-0.39, 0.29) is 5.97 Å². The molecule has 4 heteroatoms. The average Bonchev–Trinajstić information content (AvgIpc) is 2.63. The predicted octanol–water partition coefficient (Wildman–Crippen LogP) is 4.37. The summed E-state index contributed by atoms with van der Waals surface area (Å²) in [6, 6.07) is 7.56. The lowest BCUT2D eigenvalue weighted by atomic mass is 9.80. The zero-order valence-electron chi connectivity index (χ0n) is 14.6. The van der Waals surface area contributed by atoms with Gasteiger partial charge in [0.25, 0.3) is 0 Å². The fraction of sp³-hybridized carbons (Fsp3) is 0.333. The molecule has 0 aromatic heterocycles. The molecule has 0 heterocycles. The largest absolute Gasteiger partial charge is 0.426 e. The molecule has 0 amide bonds. The summed E-state index contributed by atoms with van der Waals surface area (Å²) in [5.74, 6) is 0.877. The molecule has 0 saturated carbocycles. The molecule has 0 fully saturated rings. The Balaban J connectivity index is 2.30. The van der Waals surface area contributed by atoms with Gasteiger partial charge in [0.2, 0.25) is 0 Å². The van der Waals surface area contributed by atoms with Crippen molar-refractivity contribution in [2.75, 3.05) is 0 Å². The first kappa shape index (κ1) is 17.2. The number of rotatable bonds is 4. The van der Waals surface area contributed by atoms with Crippen LogP contribution in [-0.2, 0) is 22.4 Å². The van der Waals surface area contributed by atoms with Gasteiger partial charge in [-0.05, 0) is 25.2 Å². The van der Waals surface area contributed by atoms with Crippen LogP contribution < -0.4 is 9.47 Å². The van der Waals surface area contributed by atoms with Gasteiger partial charge in [-0.1, -0.05) is 44.2 Å². The van der Waals surface area contributed by atoms with Gasteiger partial charge in [-0.2, -0.15) is 0 Å². The molecule has 25 heavy (non-hydrogen) atoms. The van der Waals surface area contributed by atoms with E-state index in [9.17, 15) is 9.59 Å². The van der Waals surface area contributed by atoms with Crippen LogP contribution in [0.25, 0.3) is 10.8 Å². The van der Waals surface area contributed by atoms with Crippen molar-refractivity contribution < 1.29 is 19.1 Å². The molecular formula is C21H22O4. The van der Waals surface area contributed by atoms with Gasteiger partial charge in [0.05, 0.1) is 0 Å². The molecule has 3 rings (SSSR count). The van der Waals surface area contributed by atoms with Crippen molar-refractivity contribution in [3.8, 4) is 11.5 Å². The molecular weight excluding hydrogens is 316 g/mol. The van der Waals surface area contributed by atoms with Gasteiger partial charge < -0.3 is 9.47 Å². The number of hydrogen-bond acceptors (Lipinski definition) is 4. The van der Waals surface area contributed by atoms with Crippen LogP contribution in [0.15, 0.2) is 36.9 Å². The number of hydrogen-bond donors (Lipinski definition) is 0. The molecule has 2 aromatic carbocycles. The highest BCUT2D eigenvalue weighted by atomic mass is 16.5. The van der Waals surface area contributed by atoms with E-state index in [1.54, 1.807) is 0 Å². The number of ether oxygens (including phenoxy) is 2. The summed E-state index contributed by atoms with van der Waals surface area (Å²) < 4.78 is 11.2. The molecule has 1 aliphatic carbocycles. The molecule has 1 aliphatic rings. The Morgan fingerprint density at radius 2 is 1.80 bits per heavy atom. The normalized spacial score (nSPS) is 16.2. The number of benzene rings is 2. The molecule has 0 spiro atoms. The molecule has 130 valence electrons. The fourth-order valence-electron chi connectivity index (χ4n) is 3.57. The van der Waals surface area contributed by atoms with Crippen LogP contribution >= 0.6 is 0 Å². The van der Waals surface area contributed by atoms with Crippen molar-refractivity contribution in [2.24, 2.45) is 5.92 Å². The monoisotopic (exact) mass is 338 g/mol. The first-order valence-corrected chi connectivity index (χ1v) is 8.64. The summed E-state index contributed by atoms with van der Waals surface area (Å²) in [5, 5.41) is 1.57. The van der Waals surface area contributed by atoms with Gasteiger partial charge in [0, 0.05) is 34.9 Å². The van der Waals surface area contributed by atoms with Crippen molar-refractivity contribution >= 4 is 22.7 Å². The summed E-state index contributed by atoms with van der Waals surface area (Å²) in [4.78, 5) is 23.6. The second-order valence-corrected chi connectivity index (χ2v) is 6.40. The highest BCUT2D eigenvalue weighted by Crippen LogP contribution is 2.45. The van der Waals surface area contributed by atoms with Crippen molar-refractivity contribution in [3.05, 3.63) is 48.0 Å². The number of esters is 2. The topological polar surface area (TPSA) is 52.6 Å². The zero-order valence-corrected chi connectivity index (χ0v) is 14.6. The summed E-state index contributed by atoms with van der Waals surface area (Å²) in [5.41, 5.74) is 1.95. The van der Waals surface area contributed by atoms with Crippen molar-refractivity contribution in [2.45, 2.75) is 39.5 Å². The lowest BCUT2D eigenvalue weighted by Crippen LogP contribution is -2.18. The van der Waals surface area contributed by atoms with Crippen LogP contribution in [0.2, 0.25) is 0 Å². The lowest BCUT2D eigenvalue weighted by Gasteiger charge is -2.28. The molecule has 1 atom stereocenters. The summed E-state index contributed by atoms with van der Waals surface area (Å²) >= 11 is 0. The molecule has 4 nitrogen and oxygen atoms in total. The van der Waals surface area contributed by atoms with Gasteiger partial charge >= 0.3 is 11.9 Å². The number of carbonyl (C=O) groups excluding carboxylic acids is 2. The van der Waals surface area contributed by atoms with Gasteiger partial charge in [-0.3, -0.25) is 4.79 Å². The third-order valence-corrected chi connectivity index (χ3v) is 4.82. The summed E-state index contributed by atoms with van der Waals surface area (Å²) in [6.07, 6.45) is 4.88. The molecule has 0 saturated heterocycles. The van der Waals surface area contributed by atoms with Crippen LogP contribution in [0, 0.1) is 5.92 Å². The fourth-order valence-corrected chi connectivity index (χ4v) is 3.57. The van der Waals surface area contributed by atoms with Crippen LogP contribution in [0.5, 0.6) is 11.5 Å². The first-order chi connectivity index (χ1) is 12.0. The second-order valence-electron chi connectivity index (χ2n) is 6.40. The van der Waals surface area contributed by atoms with E-state index in [0.717, 1.165) is 47.6 Å². The predicted molar refractivity (Wildman–Crippen MR) is 96.9 cm³/mol. The lowest BCUT2D eigenvalue weighted by molar-refractivity contribution is -0.132. The van der Waals surface area contributed by atoms with Crippen molar-refractivity contribution in [1.82, 2.24) is 0 Å². The Hall–Kier alpha value is -2.62. The van der Waals surface area contributed by atoms with Crippen molar-refractivity contribution in [1.29, 1.82) is 0 Å². The third kappa shape index (κ3) is 3.29. The van der Waals surface area contributed by atoms with Gasteiger partial charge in [0.15, 0.2) is 0 Å². The van der Waals surface area contributed by atoms with Gasteiger partial charge in [0.1, 0.15) is 11.5 Å². The Morgan fingerprint density at radius 3 is 2.36 bits per heavy atom.